The molecule has 2 aromatic rings. The zero-order valence-electron chi connectivity index (χ0n) is 9.64. The predicted molar refractivity (Wildman–Crippen MR) is 66.3 cm³/mol. The average Bonchev–Trinajstić information content (AvgIpc) is 2.86. The third-order valence-corrected chi connectivity index (χ3v) is 2.98. The molecule has 0 atom stereocenters. The van der Waals surface area contributed by atoms with Gasteiger partial charge in [0.15, 0.2) is 11.6 Å². The van der Waals surface area contributed by atoms with Crippen molar-refractivity contribution < 1.29 is 9.32 Å². The normalized spacial score (nSPS) is 10.5. The molecular formula is C9H12N6O2S. The number of hydrogen-bond acceptors (Lipinski definition) is 8. The molecule has 0 bridgehead atoms. The molecule has 0 unspecified atom stereocenters. The Hall–Kier alpha value is -2.16. The van der Waals surface area contributed by atoms with E-state index in [0.717, 1.165) is 11.5 Å². The van der Waals surface area contributed by atoms with Crippen LogP contribution in [0.2, 0.25) is 0 Å². The number of carbonyl (C=O) groups is 1. The lowest BCUT2D eigenvalue weighted by atomic mass is 10.3. The fourth-order valence-corrected chi connectivity index (χ4v) is 2.13. The standard InChI is InChI=1S/C9H12N6O2S/c1-4-13-5(17-14-4)2-3-12-9-6(8(11)16)7(10)15-18-9/h12H,2-3H2,1H3,(H2,10,15)(H2,11,16). The molecule has 0 aromatic carbocycles. The Kier molecular flexibility index (Phi) is 3.42. The van der Waals surface area contributed by atoms with Crippen LogP contribution in [0.25, 0.3) is 0 Å². The highest BCUT2D eigenvalue weighted by molar-refractivity contribution is 7.11. The summed E-state index contributed by atoms with van der Waals surface area (Å²) in [5.74, 6) is 0.656. The van der Waals surface area contributed by atoms with Gasteiger partial charge >= 0.3 is 0 Å². The van der Waals surface area contributed by atoms with Gasteiger partial charge in [0.25, 0.3) is 5.91 Å². The number of nitrogens with one attached hydrogen (secondary N) is 1. The Labute approximate surface area is 107 Å². The number of aryl methyl sites for hydroxylation is 1. The van der Waals surface area contributed by atoms with Crippen LogP contribution < -0.4 is 16.8 Å². The number of anilines is 2. The highest BCUT2D eigenvalue weighted by Crippen LogP contribution is 2.25. The molecule has 0 fully saturated rings. The molecule has 0 saturated heterocycles. The summed E-state index contributed by atoms with van der Waals surface area (Å²) < 4.78 is 8.83. The van der Waals surface area contributed by atoms with Crippen molar-refractivity contribution in [1.82, 2.24) is 14.5 Å². The van der Waals surface area contributed by atoms with E-state index in [0.29, 0.717) is 29.7 Å². The number of carbonyl (C=O) groups excluding carboxylic acids is 1. The summed E-state index contributed by atoms with van der Waals surface area (Å²) >= 11 is 1.09. The molecule has 0 spiro atoms. The van der Waals surface area contributed by atoms with Gasteiger partial charge in [0.1, 0.15) is 10.6 Å². The molecule has 0 radical (unpaired) electrons. The summed E-state index contributed by atoms with van der Waals surface area (Å²) in [6.07, 6.45) is 0.539. The van der Waals surface area contributed by atoms with E-state index in [4.69, 9.17) is 16.0 Å². The minimum Gasteiger partial charge on any atom is -0.382 e. The molecule has 8 nitrogen and oxygen atoms in total. The molecule has 0 saturated carbocycles. The first-order valence-corrected chi connectivity index (χ1v) is 5.93. The number of nitrogen functional groups attached to an aromatic ring is 1. The topological polar surface area (TPSA) is 133 Å². The van der Waals surface area contributed by atoms with Crippen LogP contribution >= 0.6 is 11.5 Å². The lowest BCUT2D eigenvalue weighted by Gasteiger charge is -2.02. The fraction of sp³-hybridized carbons (Fsp3) is 0.333. The van der Waals surface area contributed by atoms with Crippen LogP contribution in [-0.4, -0.2) is 27.0 Å². The highest BCUT2D eigenvalue weighted by Gasteiger charge is 2.16. The Bertz CT molecular complexity index is 563. The average molecular weight is 268 g/mol. The first kappa shape index (κ1) is 12.3. The number of nitrogens with two attached hydrogens (primary N) is 2. The van der Waals surface area contributed by atoms with Crippen molar-refractivity contribution in [1.29, 1.82) is 0 Å². The maximum absolute atomic E-state index is 11.2. The molecular weight excluding hydrogens is 256 g/mol. The predicted octanol–water partition coefficient (Wildman–Crippen LogP) is 0.170. The van der Waals surface area contributed by atoms with Gasteiger partial charge in [0, 0.05) is 13.0 Å². The second kappa shape index (κ2) is 5.00. The van der Waals surface area contributed by atoms with E-state index in [-0.39, 0.29) is 11.4 Å². The lowest BCUT2D eigenvalue weighted by Crippen LogP contribution is -2.15. The summed E-state index contributed by atoms with van der Waals surface area (Å²) in [7, 11) is 0. The summed E-state index contributed by atoms with van der Waals surface area (Å²) in [4.78, 5) is 15.2. The van der Waals surface area contributed by atoms with Crippen molar-refractivity contribution in [3.05, 3.63) is 17.3 Å². The van der Waals surface area contributed by atoms with Crippen LogP contribution in [0.3, 0.4) is 0 Å². The second-order valence-corrected chi connectivity index (χ2v) is 4.32. The van der Waals surface area contributed by atoms with Gasteiger partial charge in [-0.3, -0.25) is 4.79 Å². The van der Waals surface area contributed by atoms with Crippen molar-refractivity contribution in [3.63, 3.8) is 0 Å². The first-order valence-electron chi connectivity index (χ1n) is 5.16. The van der Waals surface area contributed by atoms with E-state index in [1.54, 1.807) is 6.92 Å². The SMILES string of the molecule is Cc1noc(CCNc2snc(N)c2C(N)=O)n1. The maximum atomic E-state index is 11.2. The molecule has 0 aliphatic carbocycles. The largest absolute Gasteiger partial charge is 0.382 e. The van der Waals surface area contributed by atoms with E-state index in [1.165, 1.54) is 0 Å². The van der Waals surface area contributed by atoms with Crippen molar-refractivity contribution in [2.24, 2.45) is 5.73 Å². The molecule has 0 aliphatic rings. The van der Waals surface area contributed by atoms with Crippen molar-refractivity contribution in [2.75, 3.05) is 17.6 Å². The van der Waals surface area contributed by atoms with Gasteiger partial charge in [-0.15, -0.1) is 0 Å². The van der Waals surface area contributed by atoms with Crippen LogP contribution in [0, 0.1) is 6.92 Å². The molecule has 0 aliphatic heterocycles. The Morgan fingerprint density at radius 2 is 2.33 bits per heavy atom. The Balaban J connectivity index is 1.96. The maximum Gasteiger partial charge on any atom is 0.255 e. The summed E-state index contributed by atoms with van der Waals surface area (Å²) in [5.41, 5.74) is 11.0. The van der Waals surface area contributed by atoms with Crippen LogP contribution in [0.5, 0.6) is 0 Å². The number of amides is 1. The third-order valence-electron chi connectivity index (χ3n) is 2.16. The molecule has 2 rings (SSSR count). The van der Waals surface area contributed by atoms with Crippen LogP contribution in [0.15, 0.2) is 4.52 Å². The molecule has 2 heterocycles. The van der Waals surface area contributed by atoms with E-state index in [1.807, 2.05) is 0 Å². The monoisotopic (exact) mass is 268 g/mol. The molecule has 5 N–H and O–H groups in total. The van der Waals surface area contributed by atoms with Crippen LogP contribution in [0.1, 0.15) is 22.1 Å². The highest BCUT2D eigenvalue weighted by atomic mass is 32.1. The van der Waals surface area contributed by atoms with E-state index < -0.39 is 5.91 Å². The first-order chi connectivity index (χ1) is 8.58. The van der Waals surface area contributed by atoms with Gasteiger partial charge < -0.3 is 21.3 Å². The van der Waals surface area contributed by atoms with Crippen molar-refractivity contribution in [3.8, 4) is 0 Å². The van der Waals surface area contributed by atoms with E-state index >= 15 is 0 Å². The Morgan fingerprint density at radius 1 is 1.56 bits per heavy atom. The van der Waals surface area contributed by atoms with Gasteiger partial charge in [-0.25, -0.2) is 0 Å². The van der Waals surface area contributed by atoms with Gasteiger partial charge in [0.05, 0.1) is 0 Å². The molecule has 96 valence electrons. The summed E-state index contributed by atoms with van der Waals surface area (Å²) in [6, 6.07) is 0. The summed E-state index contributed by atoms with van der Waals surface area (Å²) in [6.45, 7) is 2.26. The smallest absolute Gasteiger partial charge is 0.255 e. The zero-order chi connectivity index (χ0) is 13.1. The number of nitrogens with zero attached hydrogens (tertiary/aromatic N) is 3. The second-order valence-electron chi connectivity index (χ2n) is 3.55. The zero-order valence-corrected chi connectivity index (χ0v) is 10.5. The number of primary amides is 1. The molecule has 2 aromatic heterocycles. The molecule has 18 heavy (non-hydrogen) atoms. The third kappa shape index (κ3) is 2.56. The van der Waals surface area contributed by atoms with Gasteiger partial charge in [0.2, 0.25) is 5.89 Å². The van der Waals surface area contributed by atoms with E-state index in [9.17, 15) is 4.79 Å². The minimum atomic E-state index is -0.600. The van der Waals surface area contributed by atoms with Gasteiger partial charge in [-0.1, -0.05) is 5.16 Å². The van der Waals surface area contributed by atoms with Crippen molar-refractivity contribution in [2.45, 2.75) is 13.3 Å². The Morgan fingerprint density at radius 3 is 2.94 bits per heavy atom. The minimum absolute atomic E-state index is 0.142. The van der Waals surface area contributed by atoms with E-state index in [2.05, 4.69) is 19.8 Å². The van der Waals surface area contributed by atoms with Gasteiger partial charge in [-0.05, 0) is 18.5 Å². The quantitative estimate of drug-likeness (QED) is 0.703. The van der Waals surface area contributed by atoms with Gasteiger partial charge in [-0.2, -0.15) is 9.36 Å². The van der Waals surface area contributed by atoms with Crippen molar-refractivity contribution >= 4 is 28.3 Å². The number of aromatic nitrogens is 3. The lowest BCUT2D eigenvalue weighted by molar-refractivity contribution is 0.100. The molecule has 9 heteroatoms. The van der Waals surface area contributed by atoms with Crippen LogP contribution in [0.4, 0.5) is 10.8 Å². The molecule has 1 amide bonds. The number of hydrogen-bond donors (Lipinski definition) is 3. The summed E-state index contributed by atoms with van der Waals surface area (Å²) in [5, 5.41) is 7.25. The van der Waals surface area contributed by atoms with Crippen LogP contribution in [-0.2, 0) is 6.42 Å². The number of rotatable bonds is 5. The fourth-order valence-electron chi connectivity index (χ4n) is 1.39.